The maximum absolute atomic E-state index is 12.9. The zero-order valence-corrected chi connectivity index (χ0v) is 14.4. The number of piperidine rings is 1. The second-order valence-corrected chi connectivity index (χ2v) is 6.97. The first-order valence-corrected chi connectivity index (χ1v) is 8.61. The molecule has 6 nitrogen and oxygen atoms in total. The molecule has 1 heterocycles. The molecule has 1 aliphatic heterocycles. The van der Waals surface area contributed by atoms with Gasteiger partial charge in [-0.3, -0.25) is 4.79 Å². The SMILES string of the molecule is CNCC(=O)N1CCC(NS(=O)(=O)c2ccc(F)cc2)CC1.Cl. The van der Waals surface area contributed by atoms with Gasteiger partial charge in [-0.2, -0.15) is 0 Å². The number of rotatable bonds is 5. The largest absolute Gasteiger partial charge is 0.341 e. The van der Waals surface area contributed by atoms with Crippen LogP contribution in [0.25, 0.3) is 0 Å². The summed E-state index contributed by atoms with van der Waals surface area (Å²) in [6.45, 7) is 1.33. The Hall–Kier alpha value is -1.22. The number of nitrogens with zero attached hydrogens (tertiary/aromatic N) is 1. The van der Waals surface area contributed by atoms with E-state index in [0.29, 0.717) is 25.9 Å². The summed E-state index contributed by atoms with van der Waals surface area (Å²) in [6, 6.07) is 4.50. The average Bonchev–Trinajstić information content (AvgIpc) is 2.48. The van der Waals surface area contributed by atoms with E-state index < -0.39 is 15.8 Å². The lowest BCUT2D eigenvalue weighted by atomic mass is 10.1. The highest BCUT2D eigenvalue weighted by Gasteiger charge is 2.26. The molecule has 0 unspecified atom stereocenters. The molecular weight excluding hydrogens is 345 g/mol. The summed E-state index contributed by atoms with van der Waals surface area (Å²) < 4.78 is 39.9. The van der Waals surface area contributed by atoms with Crippen molar-refractivity contribution in [1.29, 1.82) is 0 Å². The van der Waals surface area contributed by atoms with Crippen LogP contribution in [0.15, 0.2) is 29.2 Å². The molecule has 1 amide bonds. The fourth-order valence-corrected chi connectivity index (χ4v) is 3.72. The highest BCUT2D eigenvalue weighted by Crippen LogP contribution is 2.15. The Labute approximate surface area is 141 Å². The van der Waals surface area contributed by atoms with Gasteiger partial charge in [0.15, 0.2) is 0 Å². The molecule has 2 rings (SSSR count). The van der Waals surface area contributed by atoms with Gasteiger partial charge < -0.3 is 10.2 Å². The zero-order valence-electron chi connectivity index (χ0n) is 12.8. The number of halogens is 2. The van der Waals surface area contributed by atoms with Crippen LogP contribution in [0, 0.1) is 5.82 Å². The summed E-state index contributed by atoms with van der Waals surface area (Å²) in [6.07, 6.45) is 1.13. The van der Waals surface area contributed by atoms with Crippen molar-refractivity contribution in [3.05, 3.63) is 30.1 Å². The van der Waals surface area contributed by atoms with Crippen molar-refractivity contribution in [1.82, 2.24) is 14.9 Å². The van der Waals surface area contributed by atoms with Crippen LogP contribution >= 0.6 is 12.4 Å². The van der Waals surface area contributed by atoms with Gasteiger partial charge >= 0.3 is 0 Å². The smallest absolute Gasteiger partial charge is 0.240 e. The van der Waals surface area contributed by atoms with Crippen molar-refractivity contribution in [2.45, 2.75) is 23.8 Å². The van der Waals surface area contributed by atoms with Crippen LogP contribution in [0.5, 0.6) is 0 Å². The third-order valence-corrected chi connectivity index (χ3v) is 5.16. The van der Waals surface area contributed by atoms with Gasteiger partial charge in [0.1, 0.15) is 5.82 Å². The number of hydrogen-bond acceptors (Lipinski definition) is 4. The van der Waals surface area contributed by atoms with Crippen molar-refractivity contribution in [2.24, 2.45) is 0 Å². The Balaban J connectivity index is 0.00000264. The molecular formula is C14H21ClFN3O3S. The Morgan fingerprint density at radius 3 is 2.35 bits per heavy atom. The minimum absolute atomic E-state index is 0. The van der Waals surface area contributed by atoms with Crippen LogP contribution in [0.2, 0.25) is 0 Å². The van der Waals surface area contributed by atoms with Crippen molar-refractivity contribution in [3.8, 4) is 0 Å². The fourth-order valence-electron chi connectivity index (χ4n) is 2.41. The Kier molecular flexibility index (Phi) is 7.40. The Bertz CT molecular complexity index is 617. The maximum Gasteiger partial charge on any atom is 0.240 e. The third kappa shape index (κ3) is 5.42. The highest BCUT2D eigenvalue weighted by atomic mass is 35.5. The van der Waals surface area contributed by atoms with Gasteiger partial charge in [0.25, 0.3) is 0 Å². The first kappa shape index (κ1) is 19.8. The predicted molar refractivity (Wildman–Crippen MR) is 87.5 cm³/mol. The van der Waals surface area contributed by atoms with E-state index in [9.17, 15) is 17.6 Å². The van der Waals surface area contributed by atoms with E-state index >= 15 is 0 Å². The van der Waals surface area contributed by atoms with Gasteiger partial charge in [0.2, 0.25) is 15.9 Å². The number of sulfonamides is 1. The number of carbonyl (C=O) groups excluding carboxylic acids is 1. The minimum atomic E-state index is -3.66. The molecule has 0 atom stereocenters. The first-order chi connectivity index (χ1) is 10.4. The molecule has 1 saturated heterocycles. The van der Waals surface area contributed by atoms with E-state index in [2.05, 4.69) is 10.0 Å². The van der Waals surface area contributed by atoms with Crippen LogP contribution < -0.4 is 10.0 Å². The van der Waals surface area contributed by atoms with Gasteiger partial charge in [0, 0.05) is 19.1 Å². The van der Waals surface area contributed by atoms with Crippen LogP contribution in [0.3, 0.4) is 0 Å². The molecule has 0 saturated carbocycles. The van der Waals surface area contributed by atoms with E-state index in [4.69, 9.17) is 0 Å². The van der Waals surface area contributed by atoms with Crippen LogP contribution in [-0.2, 0) is 14.8 Å². The van der Waals surface area contributed by atoms with Crippen molar-refractivity contribution in [2.75, 3.05) is 26.7 Å². The van der Waals surface area contributed by atoms with E-state index in [-0.39, 0.29) is 35.8 Å². The van der Waals surface area contributed by atoms with Gasteiger partial charge in [0.05, 0.1) is 11.4 Å². The van der Waals surface area contributed by atoms with Crippen molar-refractivity contribution < 1.29 is 17.6 Å². The molecule has 0 aliphatic carbocycles. The zero-order chi connectivity index (χ0) is 16.2. The number of likely N-dealkylation sites (tertiary alicyclic amines) is 1. The molecule has 9 heteroatoms. The van der Waals surface area contributed by atoms with Gasteiger partial charge in [-0.15, -0.1) is 12.4 Å². The summed E-state index contributed by atoms with van der Waals surface area (Å²) in [5, 5.41) is 2.81. The summed E-state index contributed by atoms with van der Waals surface area (Å²) in [5.41, 5.74) is 0. The maximum atomic E-state index is 12.9. The number of benzene rings is 1. The third-order valence-electron chi connectivity index (χ3n) is 3.62. The Morgan fingerprint density at radius 2 is 1.83 bits per heavy atom. The van der Waals surface area contributed by atoms with Crippen molar-refractivity contribution in [3.63, 3.8) is 0 Å². The standard InChI is InChI=1S/C14H20FN3O3S.ClH/c1-16-10-14(19)18-8-6-12(7-9-18)17-22(20,21)13-4-2-11(15)3-5-13;/h2-5,12,16-17H,6-10H2,1H3;1H. The molecule has 0 aromatic heterocycles. The lowest BCUT2D eigenvalue weighted by molar-refractivity contribution is -0.131. The van der Waals surface area contributed by atoms with Crippen LogP contribution in [-0.4, -0.2) is 51.9 Å². The molecule has 130 valence electrons. The molecule has 0 bridgehead atoms. The van der Waals surface area contributed by atoms with Gasteiger partial charge in [-0.25, -0.2) is 17.5 Å². The normalized spacial score (nSPS) is 16.0. The Morgan fingerprint density at radius 1 is 1.26 bits per heavy atom. The monoisotopic (exact) mass is 365 g/mol. The molecule has 23 heavy (non-hydrogen) atoms. The van der Waals surface area contributed by atoms with Gasteiger partial charge in [-0.1, -0.05) is 0 Å². The summed E-state index contributed by atoms with van der Waals surface area (Å²) in [4.78, 5) is 13.5. The predicted octanol–water partition coefficient (Wildman–Crippen LogP) is 0.736. The van der Waals surface area contributed by atoms with E-state index in [0.717, 1.165) is 12.1 Å². The quantitative estimate of drug-likeness (QED) is 0.806. The summed E-state index contributed by atoms with van der Waals surface area (Å²) in [5.74, 6) is -0.461. The lowest BCUT2D eigenvalue weighted by Crippen LogP contribution is -2.48. The summed E-state index contributed by atoms with van der Waals surface area (Å²) in [7, 11) is -1.95. The lowest BCUT2D eigenvalue weighted by Gasteiger charge is -2.32. The number of nitrogens with one attached hydrogen (secondary N) is 2. The minimum Gasteiger partial charge on any atom is -0.341 e. The number of carbonyl (C=O) groups is 1. The molecule has 1 aliphatic rings. The number of likely N-dealkylation sites (N-methyl/N-ethyl adjacent to an activating group) is 1. The first-order valence-electron chi connectivity index (χ1n) is 7.12. The van der Waals surface area contributed by atoms with E-state index in [1.54, 1.807) is 11.9 Å². The molecule has 0 radical (unpaired) electrons. The highest BCUT2D eigenvalue weighted by molar-refractivity contribution is 7.89. The molecule has 1 aromatic rings. The second-order valence-electron chi connectivity index (χ2n) is 5.26. The number of amides is 1. The summed E-state index contributed by atoms with van der Waals surface area (Å²) >= 11 is 0. The second kappa shape index (κ2) is 8.58. The average molecular weight is 366 g/mol. The van der Waals surface area contributed by atoms with E-state index in [1.807, 2.05) is 0 Å². The number of hydrogen-bond donors (Lipinski definition) is 2. The van der Waals surface area contributed by atoms with Gasteiger partial charge in [-0.05, 0) is 44.2 Å². The van der Waals surface area contributed by atoms with Crippen LogP contribution in [0.4, 0.5) is 4.39 Å². The fraction of sp³-hybridized carbons (Fsp3) is 0.500. The molecule has 1 fully saturated rings. The van der Waals surface area contributed by atoms with Crippen molar-refractivity contribution >= 4 is 28.3 Å². The molecule has 1 aromatic carbocycles. The topological polar surface area (TPSA) is 78.5 Å². The molecule has 2 N–H and O–H groups in total. The van der Waals surface area contributed by atoms with Crippen LogP contribution in [0.1, 0.15) is 12.8 Å². The van der Waals surface area contributed by atoms with E-state index in [1.165, 1.54) is 12.1 Å². The molecule has 0 spiro atoms.